The molecule has 2 N–H and O–H groups in total. The maximum atomic E-state index is 12.2. The monoisotopic (exact) mass is 521 g/mol. The van der Waals surface area contributed by atoms with Crippen LogP contribution in [0.15, 0.2) is 29.3 Å². The molecule has 160 valence electrons. The van der Waals surface area contributed by atoms with Crippen molar-refractivity contribution in [3.05, 3.63) is 29.8 Å². The van der Waals surface area contributed by atoms with Crippen molar-refractivity contribution in [1.82, 2.24) is 10.6 Å². The molecule has 0 spiro atoms. The summed E-state index contributed by atoms with van der Waals surface area (Å²) >= 11 is 0. The number of guanidine groups is 1. The zero-order chi connectivity index (χ0) is 19.6. The molecule has 0 aliphatic heterocycles. The molecule has 1 aromatic carbocycles. The molecule has 0 amide bonds. The summed E-state index contributed by atoms with van der Waals surface area (Å²) in [4.78, 5) is 4.71. The molecule has 0 bridgehead atoms. The van der Waals surface area contributed by atoms with Gasteiger partial charge in [-0.25, -0.2) is 4.99 Å². The molecular formula is C21H36IN3O2S. The second-order valence-electron chi connectivity index (χ2n) is 7.26. The van der Waals surface area contributed by atoms with E-state index in [1.54, 1.807) is 0 Å². The van der Waals surface area contributed by atoms with Gasteiger partial charge in [0.25, 0.3) is 0 Å². The highest BCUT2D eigenvalue weighted by atomic mass is 127. The van der Waals surface area contributed by atoms with Crippen molar-refractivity contribution < 1.29 is 8.95 Å². The van der Waals surface area contributed by atoms with E-state index in [0.29, 0.717) is 17.8 Å². The van der Waals surface area contributed by atoms with Crippen LogP contribution in [0.3, 0.4) is 0 Å². The predicted octanol–water partition coefficient (Wildman–Crippen LogP) is 4.02. The fourth-order valence-electron chi connectivity index (χ4n) is 3.44. The Kier molecular flexibility index (Phi) is 12.1. The topological polar surface area (TPSA) is 62.7 Å². The Hall–Kier alpha value is -0.830. The van der Waals surface area contributed by atoms with Crippen LogP contribution in [-0.4, -0.2) is 46.4 Å². The van der Waals surface area contributed by atoms with Gasteiger partial charge in [0.1, 0.15) is 11.9 Å². The first-order chi connectivity index (χ1) is 13.0. The molecule has 5 nitrogen and oxygen atoms in total. The number of ether oxygens (including phenoxy) is 1. The van der Waals surface area contributed by atoms with Gasteiger partial charge in [0.05, 0.1) is 6.54 Å². The molecule has 28 heavy (non-hydrogen) atoms. The zero-order valence-electron chi connectivity index (χ0n) is 17.6. The smallest absolute Gasteiger partial charge is 0.191 e. The molecule has 1 aromatic rings. The number of nitrogens with one attached hydrogen (secondary N) is 2. The lowest BCUT2D eigenvalue weighted by atomic mass is 9.95. The Labute approximate surface area is 190 Å². The highest BCUT2D eigenvalue weighted by molar-refractivity contribution is 14.0. The number of hydrogen-bond acceptors (Lipinski definition) is 3. The number of hydrogen-bond donors (Lipinski definition) is 2. The molecule has 4 atom stereocenters. The molecule has 4 unspecified atom stereocenters. The van der Waals surface area contributed by atoms with Crippen LogP contribution >= 0.6 is 24.0 Å². The first kappa shape index (κ1) is 25.2. The fraction of sp³-hybridized carbons (Fsp3) is 0.667. The van der Waals surface area contributed by atoms with Crippen molar-refractivity contribution in [1.29, 1.82) is 0 Å². The summed E-state index contributed by atoms with van der Waals surface area (Å²) in [6.45, 7) is 9.58. The maximum absolute atomic E-state index is 12.2. The highest BCUT2D eigenvalue weighted by Crippen LogP contribution is 2.23. The Morgan fingerprint density at radius 2 is 2.14 bits per heavy atom. The van der Waals surface area contributed by atoms with E-state index in [0.717, 1.165) is 49.7 Å². The lowest BCUT2D eigenvalue weighted by molar-refractivity contribution is 0.230. The van der Waals surface area contributed by atoms with Crippen LogP contribution in [0.5, 0.6) is 5.75 Å². The molecule has 1 aliphatic carbocycles. The minimum Gasteiger partial charge on any atom is -0.489 e. The minimum absolute atomic E-state index is 0. The van der Waals surface area contributed by atoms with Gasteiger partial charge in [-0.3, -0.25) is 4.21 Å². The van der Waals surface area contributed by atoms with Crippen LogP contribution in [-0.2, 0) is 10.8 Å². The Balaban J connectivity index is 0.00000392. The van der Waals surface area contributed by atoms with E-state index in [1.807, 2.05) is 32.0 Å². The molecular weight excluding hydrogens is 485 g/mol. The number of nitrogens with zero attached hydrogens (tertiary/aromatic N) is 1. The van der Waals surface area contributed by atoms with Crippen LogP contribution in [0.1, 0.15) is 52.0 Å². The molecule has 1 aliphatic rings. The van der Waals surface area contributed by atoms with Gasteiger partial charge in [0.2, 0.25) is 0 Å². The summed E-state index contributed by atoms with van der Waals surface area (Å²) in [6.07, 6.45) is 4.26. The molecule has 7 heteroatoms. The molecule has 0 saturated heterocycles. The molecule has 0 radical (unpaired) electrons. The second kappa shape index (κ2) is 13.4. The Morgan fingerprint density at radius 1 is 1.36 bits per heavy atom. The first-order valence-corrected chi connectivity index (χ1v) is 11.5. The Bertz CT molecular complexity index is 642. The van der Waals surface area contributed by atoms with Gasteiger partial charge in [-0.1, -0.05) is 25.5 Å². The summed E-state index contributed by atoms with van der Waals surface area (Å²) < 4.78 is 18.1. The van der Waals surface area contributed by atoms with E-state index in [1.165, 1.54) is 5.56 Å². The molecule has 0 aromatic heterocycles. The third-order valence-electron chi connectivity index (χ3n) is 4.80. The number of rotatable bonds is 8. The number of benzene rings is 1. The third-order valence-corrected chi connectivity index (χ3v) is 6.54. The van der Waals surface area contributed by atoms with Crippen molar-refractivity contribution in [3.63, 3.8) is 0 Å². The van der Waals surface area contributed by atoms with Crippen LogP contribution in [0.4, 0.5) is 0 Å². The van der Waals surface area contributed by atoms with E-state index in [2.05, 4.69) is 30.5 Å². The third kappa shape index (κ3) is 8.68. The molecule has 1 fully saturated rings. The molecule has 1 saturated carbocycles. The summed E-state index contributed by atoms with van der Waals surface area (Å²) in [6, 6.07) is 8.43. The van der Waals surface area contributed by atoms with E-state index >= 15 is 0 Å². The van der Waals surface area contributed by atoms with Crippen molar-refractivity contribution in [2.45, 2.75) is 70.8 Å². The fourth-order valence-corrected chi connectivity index (χ4v) is 4.79. The molecule has 2 rings (SSSR count). The standard InChI is InChI=1S/C21H35N3O2S.HI/c1-5-22-21(24-18-10-8-12-20(14-18)27(25)6-2)23-15-17(4)26-19-11-7-9-16(3)13-19;/h7,9,11,13,17-18,20H,5-6,8,10,12,14-15H2,1-4H3,(H2,22,23,24);1H. The number of halogens is 1. The predicted molar refractivity (Wildman–Crippen MR) is 131 cm³/mol. The van der Waals surface area contributed by atoms with Gasteiger partial charge in [-0.15, -0.1) is 24.0 Å². The van der Waals surface area contributed by atoms with Crippen molar-refractivity contribution in [2.75, 3.05) is 18.8 Å². The van der Waals surface area contributed by atoms with Crippen molar-refractivity contribution in [3.8, 4) is 5.75 Å². The van der Waals surface area contributed by atoms with Gasteiger partial charge in [0.15, 0.2) is 5.96 Å². The SMILES string of the molecule is CCNC(=NCC(C)Oc1cccc(C)c1)NC1CCCC(S(=O)CC)C1.I. The van der Waals surface area contributed by atoms with E-state index < -0.39 is 10.8 Å². The van der Waals surface area contributed by atoms with Gasteiger partial charge in [0, 0.05) is 34.4 Å². The lowest BCUT2D eigenvalue weighted by Crippen LogP contribution is -2.47. The number of aryl methyl sites for hydroxylation is 1. The van der Waals surface area contributed by atoms with E-state index in [-0.39, 0.29) is 30.1 Å². The first-order valence-electron chi connectivity index (χ1n) is 10.2. The average Bonchev–Trinajstić information content (AvgIpc) is 2.66. The summed E-state index contributed by atoms with van der Waals surface area (Å²) in [5, 5.41) is 7.18. The van der Waals surface area contributed by atoms with Gasteiger partial charge in [-0.2, -0.15) is 0 Å². The largest absolute Gasteiger partial charge is 0.489 e. The second-order valence-corrected chi connectivity index (χ2v) is 9.27. The average molecular weight is 522 g/mol. The van der Waals surface area contributed by atoms with Crippen LogP contribution in [0.25, 0.3) is 0 Å². The van der Waals surface area contributed by atoms with Gasteiger partial charge >= 0.3 is 0 Å². The van der Waals surface area contributed by atoms with Crippen LogP contribution < -0.4 is 15.4 Å². The quantitative estimate of drug-likeness (QED) is 0.308. The van der Waals surface area contributed by atoms with Gasteiger partial charge < -0.3 is 15.4 Å². The zero-order valence-corrected chi connectivity index (χ0v) is 20.7. The Morgan fingerprint density at radius 3 is 2.82 bits per heavy atom. The van der Waals surface area contributed by atoms with E-state index in [9.17, 15) is 4.21 Å². The minimum atomic E-state index is -0.709. The van der Waals surface area contributed by atoms with Gasteiger partial charge in [-0.05, 0) is 57.7 Å². The number of aliphatic imine (C=N–C) groups is 1. The maximum Gasteiger partial charge on any atom is 0.191 e. The summed E-state index contributed by atoms with van der Waals surface area (Å²) in [5.74, 6) is 2.46. The summed E-state index contributed by atoms with van der Waals surface area (Å²) in [7, 11) is -0.709. The summed E-state index contributed by atoms with van der Waals surface area (Å²) in [5.41, 5.74) is 1.19. The lowest BCUT2D eigenvalue weighted by Gasteiger charge is -2.30. The van der Waals surface area contributed by atoms with Crippen LogP contribution in [0, 0.1) is 6.92 Å². The highest BCUT2D eigenvalue weighted by Gasteiger charge is 2.26. The van der Waals surface area contributed by atoms with Crippen molar-refractivity contribution >= 4 is 40.7 Å². The normalized spacial score (nSPS) is 21.9. The van der Waals surface area contributed by atoms with Crippen LogP contribution in [0.2, 0.25) is 0 Å². The van der Waals surface area contributed by atoms with E-state index in [4.69, 9.17) is 9.73 Å². The van der Waals surface area contributed by atoms with Crippen molar-refractivity contribution in [2.24, 2.45) is 4.99 Å². The molecule has 0 heterocycles.